The van der Waals surface area contributed by atoms with Gasteiger partial charge in [0, 0.05) is 30.8 Å². The number of nitrogens with zero attached hydrogens (tertiary/aromatic N) is 2. The highest BCUT2D eigenvalue weighted by Gasteiger charge is 2.08. The highest BCUT2D eigenvalue weighted by atomic mass is 16.5. The Balaban J connectivity index is 1.45. The molecule has 6 heteroatoms. The number of benzene rings is 1. The number of aryl methyl sites for hydroxylation is 1. The van der Waals surface area contributed by atoms with Gasteiger partial charge in [-0.15, -0.1) is 0 Å². The molecule has 1 aromatic carbocycles. The number of amides is 1. The number of ether oxygens (including phenoxy) is 1. The van der Waals surface area contributed by atoms with E-state index in [0.717, 1.165) is 35.6 Å². The Kier molecular flexibility index (Phi) is 5.98. The van der Waals surface area contributed by atoms with Gasteiger partial charge >= 0.3 is 0 Å². The van der Waals surface area contributed by atoms with Crippen molar-refractivity contribution in [1.29, 1.82) is 0 Å². The van der Waals surface area contributed by atoms with E-state index >= 15 is 0 Å². The number of hydrogen-bond acceptors (Lipinski definition) is 5. The summed E-state index contributed by atoms with van der Waals surface area (Å²) >= 11 is 0. The van der Waals surface area contributed by atoms with E-state index in [-0.39, 0.29) is 12.3 Å². The molecular weight excluding hydrogens is 330 g/mol. The number of anilines is 1. The molecule has 0 aliphatic heterocycles. The number of pyridine rings is 1. The highest BCUT2D eigenvalue weighted by Crippen LogP contribution is 2.14. The summed E-state index contributed by atoms with van der Waals surface area (Å²) in [5, 5.41) is 6.54. The molecule has 0 saturated heterocycles. The van der Waals surface area contributed by atoms with Crippen LogP contribution >= 0.6 is 0 Å². The van der Waals surface area contributed by atoms with Gasteiger partial charge < -0.3 is 14.6 Å². The van der Waals surface area contributed by atoms with Crippen LogP contribution in [0.2, 0.25) is 0 Å². The van der Waals surface area contributed by atoms with E-state index in [1.54, 1.807) is 12.3 Å². The standard InChI is InChI=1S/C20H21N3O3/c1-2-17-14-19(23-26-17)22-20(24)13-15-6-8-18(9-7-15)25-12-10-16-5-3-4-11-21-16/h3-9,11,14H,2,10,12-13H2,1H3,(H,22,23,24). The fourth-order valence-electron chi connectivity index (χ4n) is 2.43. The Morgan fingerprint density at radius 1 is 1.19 bits per heavy atom. The van der Waals surface area contributed by atoms with E-state index in [9.17, 15) is 4.79 Å². The van der Waals surface area contributed by atoms with E-state index < -0.39 is 0 Å². The average molecular weight is 351 g/mol. The van der Waals surface area contributed by atoms with Gasteiger partial charge in [-0.2, -0.15) is 0 Å². The third-order valence-corrected chi connectivity index (χ3v) is 3.82. The first-order chi connectivity index (χ1) is 12.7. The quantitative estimate of drug-likeness (QED) is 0.673. The van der Waals surface area contributed by atoms with Crippen molar-refractivity contribution >= 4 is 11.7 Å². The van der Waals surface area contributed by atoms with E-state index in [1.807, 2.05) is 49.4 Å². The van der Waals surface area contributed by atoms with Crippen LogP contribution in [0.1, 0.15) is 23.9 Å². The van der Waals surface area contributed by atoms with Crippen LogP contribution in [0, 0.1) is 0 Å². The number of nitrogens with one attached hydrogen (secondary N) is 1. The first-order valence-electron chi connectivity index (χ1n) is 8.60. The lowest BCUT2D eigenvalue weighted by atomic mass is 10.1. The van der Waals surface area contributed by atoms with Crippen LogP contribution in [0.25, 0.3) is 0 Å². The van der Waals surface area contributed by atoms with Gasteiger partial charge in [0.15, 0.2) is 5.82 Å². The van der Waals surface area contributed by atoms with Crippen molar-refractivity contribution in [2.24, 2.45) is 0 Å². The first kappa shape index (κ1) is 17.7. The summed E-state index contributed by atoms with van der Waals surface area (Å²) in [5.74, 6) is 1.83. The summed E-state index contributed by atoms with van der Waals surface area (Å²) in [6, 6.07) is 15.1. The summed E-state index contributed by atoms with van der Waals surface area (Å²) < 4.78 is 10.8. The predicted octanol–water partition coefficient (Wildman–Crippen LogP) is 3.43. The maximum absolute atomic E-state index is 12.1. The van der Waals surface area contributed by atoms with Crippen molar-refractivity contribution in [3.8, 4) is 5.75 Å². The summed E-state index contributed by atoms with van der Waals surface area (Å²) in [6.07, 6.45) is 3.53. The van der Waals surface area contributed by atoms with Crippen molar-refractivity contribution in [1.82, 2.24) is 10.1 Å². The highest BCUT2D eigenvalue weighted by molar-refractivity contribution is 5.91. The van der Waals surface area contributed by atoms with Crippen LogP contribution in [0.4, 0.5) is 5.82 Å². The smallest absolute Gasteiger partial charge is 0.230 e. The van der Waals surface area contributed by atoms with Gasteiger partial charge in [0.1, 0.15) is 11.5 Å². The van der Waals surface area contributed by atoms with Crippen LogP contribution in [0.5, 0.6) is 5.75 Å². The van der Waals surface area contributed by atoms with Crippen molar-refractivity contribution in [2.75, 3.05) is 11.9 Å². The molecule has 3 rings (SSSR count). The van der Waals surface area contributed by atoms with Gasteiger partial charge in [-0.3, -0.25) is 9.78 Å². The van der Waals surface area contributed by atoms with Crippen molar-refractivity contribution < 1.29 is 14.1 Å². The summed E-state index contributed by atoms with van der Waals surface area (Å²) in [6.45, 7) is 2.52. The Morgan fingerprint density at radius 3 is 2.73 bits per heavy atom. The number of rotatable bonds is 8. The largest absolute Gasteiger partial charge is 0.493 e. The molecule has 0 aliphatic rings. The molecule has 0 unspecified atom stereocenters. The Labute approximate surface area is 152 Å². The lowest BCUT2D eigenvalue weighted by Crippen LogP contribution is -2.14. The van der Waals surface area contributed by atoms with Gasteiger partial charge in [-0.1, -0.05) is 30.3 Å². The molecule has 0 aliphatic carbocycles. The molecule has 3 aromatic rings. The fraction of sp³-hybridized carbons (Fsp3) is 0.250. The van der Waals surface area contributed by atoms with Gasteiger partial charge in [0.2, 0.25) is 5.91 Å². The van der Waals surface area contributed by atoms with Gasteiger partial charge in [-0.25, -0.2) is 0 Å². The number of carbonyl (C=O) groups is 1. The molecule has 0 fully saturated rings. The van der Waals surface area contributed by atoms with Crippen molar-refractivity contribution in [3.05, 3.63) is 71.7 Å². The third-order valence-electron chi connectivity index (χ3n) is 3.82. The van der Waals surface area contributed by atoms with Crippen molar-refractivity contribution in [2.45, 2.75) is 26.2 Å². The van der Waals surface area contributed by atoms with Gasteiger partial charge in [-0.05, 0) is 29.8 Å². The number of carbonyl (C=O) groups excluding carboxylic acids is 1. The minimum Gasteiger partial charge on any atom is -0.493 e. The molecule has 0 atom stereocenters. The zero-order valence-electron chi connectivity index (χ0n) is 14.6. The fourth-order valence-corrected chi connectivity index (χ4v) is 2.43. The summed E-state index contributed by atoms with van der Waals surface area (Å²) in [4.78, 5) is 16.3. The minimum atomic E-state index is -0.134. The molecule has 26 heavy (non-hydrogen) atoms. The maximum atomic E-state index is 12.1. The van der Waals surface area contributed by atoms with Crippen LogP contribution in [0.3, 0.4) is 0 Å². The second kappa shape index (κ2) is 8.80. The molecule has 1 amide bonds. The lowest BCUT2D eigenvalue weighted by molar-refractivity contribution is -0.115. The van der Waals surface area contributed by atoms with Crippen LogP contribution in [-0.4, -0.2) is 22.7 Å². The first-order valence-corrected chi connectivity index (χ1v) is 8.60. The topological polar surface area (TPSA) is 77.2 Å². The number of aromatic nitrogens is 2. The Morgan fingerprint density at radius 2 is 2.04 bits per heavy atom. The van der Waals surface area contributed by atoms with Gasteiger partial charge in [0.05, 0.1) is 13.0 Å². The van der Waals surface area contributed by atoms with E-state index in [1.165, 1.54) is 0 Å². The zero-order chi connectivity index (χ0) is 18.2. The van der Waals surface area contributed by atoms with Crippen LogP contribution in [-0.2, 0) is 24.1 Å². The zero-order valence-corrected chi connectivity index (χ0v) is 14.6. The summed E-state index contributed by atoms with van der Waals surface area (Å²) in [5.41, 5.74) is 1.90. The van der Waals surface area contributed by atoms with E-state index in [4.69, 9.17) is 9.26 Å². The molecule has 6 nitrogen and oxygen atoms in total. The monoisotopic (exact) mass is 351 g/mol. The van der Waals surface area contributed by atoms with Gasteiger partial charge in [0.25, 0.3) is 0 Å². The molecule has 2 heterocycles. The predicted molar refractivity (Wildman–Crippen MR) is 98.1 cm³/mol. The molecule has 0 saturated carbocycles. The molecule has 134 valence electrons. The van der Waals surface area contributed by atoms with Crippen LogP contribution in [0.15, 0.2) is 59.3 Å². The molecule has 1 N–H and O–H groups in total. The maximum Gasteiger partial charge on any atom is 0.230 e. The number of hydrogen-bond donors (Lipinski definition) is 1. The minimum absolute atomic E-state index is 0.134. The normalized spacial score (nSPS) is 10.5. The molecule has 0 bridgehead atoms. The second-order valence-corrected chi connectivity index (χ2v) is 5.82. The van der Waals surface area contributed by atoms with Crippen molar-refractivity contribution in [3.63, 3.8) is 0 Å². The van der Waals surface area contributed by atoms with E-state index in [0.29, 0.717) is 12.4 Å². The average Bonchev–Trinajstić information content (AvgIpc) is 3.11. The lowest BCUT2D eigenvalue weighted by Gasteiger charge is -2.07. The van der Waals surface area contributed by atoms with Crippen LogP contribution < -0.4 is 10.1 Å². The third kappa shape index (κ3) is 5.17. The second-order valence-electron chi connectivity index (χ2n) is 5.82. The Hall–Kier alpha value is -3.15. The van der Waals surface area contributed by atoms with E-state index in [2.05, 4.69) is 15.5 Å². The SMILES string of the molecule is CCc1cc(NC(=O)Cc2ccc(OCCc3ccccn3)cc2)no1. The summed E-state index contributed by atoms with van der Waals surface area (Å²) in [7, 11) is 0. The molecular formula is C20H21N3O3. The molecule has 0 radical (unpaired) electrons. The molecule has 2 aromatic heterocycles. The Bertz CT molecular complexity index is 829. The molecule has 0 spiro atoms.